The molecule has 5 heteroatoms. The summed E-state index contributed by atoms with van der Waals surface area (Å²) in [4.78, 5) is 12.0. The predicted molar refractivity (Wildman–Crippen MR) is 68.0 cm³/mol. The number of hydrogen-bond donors (Lipinski definition) is 1. The Morgan fingerprint density at radius 1 is 1.11 bits per heavy atom. The van der Waals surface area contributed by atoms with E-state index in [0.29, 0.717) is 16.4 Å². The Kier molecular flexibility index (Phi) is 3.77. The number of carbonyl (C=O) groups excluding carboxylic acids is 1. The van der Waals surface area contributed by atoms with E-state index in [-0.39, 0.29) is 5.69 Å². The number of amides is 1. The van der Waals surface area contributed by atoms with Crippen molar-refractivity contribution >= 4 is 11.6 Å². The molecule has 0 spiro atoms. The first-order valence-corrected chi connectivity index (χ1v) is 5.55. The van der Waals surface area contributed by atoms with Crippen LogP contribution in [-0.2, 0) is 0 Å². The van der Waals surface area contributed by atoms with E-state index in [1.165, 1.54) is 43.5 Å². The molecule has 4 nitrogen and oxygen atoms in total. The van der Waals surface area contributed by atoms with Crippen LogP contribution in [0.3, 0.4) is 0 Å². The van der Waals surface area contributed by atoms with Crippen molar-refractivity contribution in [3.05, 3.63) is 59.9 Å². The molecule has 0 atom stereocenters. The van der Waals surface area contributed by atoms with Gasteiger partial charge in [0.25, 0.3) is 5.91 Å². The normalized spacial score (nSPS) is 10.1. The van der Waals surface area contributed by atoms with Gasteiger partial charge in [0.15, 0.2) is 0 Å². The third kappa shape index (κ3) is 2.89. The maximum atomic E-state index is 12.8. The maximum absolute atomic E-state index is 12.8. The average Bonchev–Trinajstić information content (AvgIpc) is 2.46. The third-order valence-electron chi connectivity index (χ3n) is 2.60. The lowest BCUT2D eigenvalue weighted by Crippen LogP contribution is -2.26. The van der Waals surface area contributed by atoms with E-state index in [0.717, 1.165) is 0 Å². The molecule has 19 heavy (non-hydrogen) atoms. The standard InChI is InChI=1S/C14H12FNO3/c1-19-13-8-2-10(3-9-13)14(17)16(18)12-6-4-11(15)5-7-12/h2-9,18H,1H3. The summed E-state index contributed by atoms with van der Waals surface area (Å²) in [6.45, 7) is 0. The van der Waals surface area contributed by atoms with Crippen LogP contribution in [0.15, 0.2) is 48.5 Å². The molecule has 98 valence electrons. The molecule has 2 rings (SSSR count). The Morgan fingerprint density at radius 2 is 1.68 bits per heavy atom. The van der Waals surface area contributed by atoms with Gasteiger partial charge in [-0.15, -0.1) is 0 Å². The molecule has 0 aliphatic carbocycles. The highest BCUT2D eigenvalue weighted by Gasteiger charge is 2.15. The molecule has 1 N–H and O–H groups in total. The van der Waals surface area contributed by atoms with Crippen molar-refractivity contribution in [1.29, 1.82) is 0 Å². The van der Waals surface area contributed by atoms with Crippen LogP contribution in [-0.4, -0.2) is 18.2 Å². The lowest BCUT2D eigenvalue weighted by molar-refractivity contribution is 0.0854. The molecule has 0 aliphatic rings. The number of halogens is 1. The first-order chi connectivity index (χ1) is 9.11. The molecule has 0 aromatic heterocycles. The summed E-state index contributed by atoms with van der Waals surface area (Å²) in [7, 11) is 1.52. The Bertz CT molecular complexity index is 566. The summed E-state index contributed by atoms with van der Waals surface area (Å²) < 4.78 is 17.7. The second-order valence-corrected chi connectivity index (χ2v) is 3.82. The lowest BCUT2D eigenvalue weighted by atomic mass is 10.2. The number of benzene rings is 2. The van der Waals surface area contributed by atoms with E-state index < -0.39 is 11.7 Å². The monoisotopic (exact) mass is 261 g/mol. The quantitative estimate of drug-likeness (QED) is 0.682. The second-order valence-electron chi connectivity index (χ2n) is 3.82. The van der Waals surface area contributed by atoms with Gasteiger partial charge in [-0.05, 0) is 48.5 Å². The predicted octanol–water partition coefficient (Wildman–Crippen LogP) is 2.87. The average molecular weight is 261 g/mol. The minimum absolute atomic E-state index is 0.196. The van der Waals surface area contributed by atoms with Crippen LogP contribution in [0, 0.1) is 5.82 Å². The van der Waals surface area contributed by atoms with Crippen LogP contribution in [0.2, 0.25) is 0 Å². The van der Waals surface area contributed by atoms with Crippen molar-refractivity contribution in [3.8, 4) is 5.75 Å². The van der Waals surface area contributed by atoms with Gasteiger partial charge in [-0.25, -0.2) is 4.39 Å². The van der Waals surface area contributed by atoms with Gasteiger partial charge in [-0.1, -0.05) is 0 Å². The topological polar surface area (TPSA) is 49.8 Å². The number of carbonyl (C=O) groups is 1. The van der Waals surface area contributed by atoms with Crippen LogP contribution in [0.25, 0.3) is 0 Å². The minimum atomic E-state index is -0.603. The maximum Gasteiger partial charge on any atom is 0.281 e. The fraction of sp³-hybridized carbons (Fsp3) is 0.0714. The van der Waals surface area contributed by atoms with E-state index in [9.17, 15) is 14.4 Å². The van der Waals surface area contributed by atoms with Gasteiger partial charge in [0.1, 0.15) is 11.6 Å². The van der Waals surface area contributed by atoms with E-state index in [1.807, 2.05) is 0 Å². The molecule has 0 radical (unpaired) electrons. The molecule has 0 heterocycles. The minimum Gasteiger partial charge on any atom is -0.497 e. The third-order valence-corrected chi connectivity index (χ3v) is 2.60. The SMILES string of the molecule is COc1ccc(C(=O)N(O)c2ccc(F)cc2)cc1. The first-order valence-electron chi connectivity index (χ1n) is 5.55. The van der Waals surface area contributed by atoms with E-state index in [2.05, 4.69) is 0 Å². The highest BCUT2D eigenvalue weighted by Crippen LogP contribution is 2.17. The van der Waals surface area contributed by atoms with Gasteiger partial charge >= 0.3 is 0 Å². The van der Waals surface area contributed by atoms with Crippen molar-refractivity contribution < 1.29 is 19.1 Å². The summed E-state index contributed by atoms with van der Waals surface area (Å²) in [5.41, 5.74) is 0.495. The van der Waals surface area contributed by atoms with Crippen molar-refractivity contribution in [2.45, 2.75) is 0 Å². The molecular weight excluding hydrogens is 249 g/mol. The fourth-order valence-electron chi connectivity index (χ4n) is 1.56. The van der Waals surface area contributed by atoms with Crippen molar-refractivity contribution in [2.24, 2.45) is 0 Å². The van der Waals surface area contributed by atoms with E-state index >= 15 is 0 Å². The van der Waals surface area contributed by atoms with Gasteiger partial charge in [-0.2, -0.15) is 5.06 Å². The first kappa shape index (κ1) is 13.0. The number of ether oxygens (including phenoxy) is 1. The van der Waals surface area contributed by atoms with Gasteiger partial charge < -0.3 is 4.74 Å². The Balaban J connectivity index is 2.20. The summed E-state index contributed by atoms with van der Waals surface area (Å²) in [6, 6.07) is 11.3. The Labute approximate surface area is 109 Å². The van der Waals surface area contributed by atoms with Crippen LogP contribution in [0.5, 0.6) is 5.75 Å². The molecule has 0 aliphatic heterocycles. The van der Waals surface area contributed by atoms with E-state index in [1.54, 1.807) is 12.1 Å². The fourth-order valence-corrected chi connectivity index (χ4v) is 1.56. The number of anilines is 1. The largest absolute Gasteiger partial charge is 0.497 e. The van der Waals surface area contributed by atoms with Crippen molar-refractivity contribution in [1.82, 2.24) is 0 Å². The zero-order valence-corrected chi connectivity index (χ0v) is 10.2. The summed E-state index contributed by atoms with van der Waals surface area (Å²) in [6.07, 6.45) is 0. The molecule has 2 aromatic rings. The molecule has 0 saturated heterocycles. The van der Waals surface area contributed by atoms with E-state index in [4.69, 9.17) is 4.74 Å². The van der Waals surface area contributed by atoms with Gasteiger partial charge in [0.05, 0.1) is 12.8 Å². The highest BCUT2D eigenvalue weighted by molar-refractivity contribution is 6.04. The van der Waals surface area contributed by atoms with Crippen LogP contribution in [0.4, 0.5) is 10.1 Å². The Morgan fingerprint density at radius 3 is 2.21 bits per heavy atom. The number of methoxy groups -OCH3 is 1. The summed E-state index contributed by atoms with van der Waals surface area (Å²) in [5, 5.41) is 10.3. The number of hydrogen-bond acceptors (Lipinski definition) is 3. The highest BCUT2D eigenvalue weighted by atomic mass is 19.1. The van der Waals surface area contributed by atoms with Gasteiger partial charge in [-0.3, -0.25) is 10.0 Å². The van der Waals surface area contributed by atoms with Crippen LogP contribution >= 0.6 is 0 Å². The number of hydroxylamine groups is 1. The smallest absolute Gasteiger partial charge is 0.281 e. The van der Waals surface area contributed by atoms with Crippen LogP contribution < -0.4 is 9.80 Å². The zero-order valence-electron chi connectivity index (χ0n) is 10.2. The van der Waals surface area contributed by atoms with Crippen LogP contribution in [0.1, 0.15) is 10.4 Å². The molecule has 0 unspecified atom stereocenters. The number of rotatable bonds is 3. The Hall–Kier alpha value is -2.40. The molecule has 2 aromatic carbocycles. The summed E-state index contributed by atoms with van der Waals surface area (Å²) in [5.74, 6) is -0.425. The zero-order chi connectivity index (χ0) is 13.8. The van der Waals surface area contributed by atoms with Gasteiger partial charge in [0.2, 0.25) is 0 Å². The van der Waals surface area contributed by atoms with Crippen molar-refractivity contribution in [2.75, 3.05) is 12.2 Å². The molecule has 0 bridgehead atoms. The van der Waals surface area contributed by atoms with Gasteiger partial charge in [0, 0.05) is 5.56 Å². The lowest BCUT2D eigenvalue weighted by Gasteiger charge is -2.15. The molecule has 1 amide bonds. The molecule has 0 saturated carbocycles. The van der Waals surface area contributed by atoms with Crippen molar-refractivity contribution in [3.63, 3.8) is 0 Å². The second kappa shape index (κ2) is 5.49. The summed E-state index contributed by atoms with van der Waals surface area (Å²) >= 11 is 0. The number of nitrogens with zero attached hydrogens (tertiary/aromatic N) is 1. The molecular formula is C14H12FNO3. The molecule has 0 fully saturated rings.